The van der Waals surface area contributed by atoms with Gasteiger partial charge in [-0.25, -0.2) is 11.7 Å². The van der Waals surface area contributed by atoms with E-state index >= 15 is 0 Å². The highest BCUT2D eigenvalue weighted by Crippen LogP contribution is 2.14. The Hall–Kier alpha value is -2.95. The topological polar surface area (TPSA) is 143 Å². The van der Waals surface area contributed by atoms with E-state index in [-0.39, 0.29) is 45.1 Å². The van der Waals surface area contributed by atoms with Gasteiger partial charge in [0.15, 0.2) is 0 Å². The van der Waals surface area contributed by atoms with Crippen LogP contribution in [0.4, 0.5) is 0 Å². The van der Waals surface area contributed by atoms with Crippen molar-refractivity contribution in [3.05, 3.63) is 18.6 Å². The highest BCUT2D eigenvalue weighted by Gasteiger charge is 2.32. The molecular weight excluding hydrogens is 352 g/mol. The van der Waals surface area contributed by atoms with Crippen LogP contribution in [0, 0.1) is 6.61 Å². The van der Waals surface area contributed by atoms with Gasteiger partial charge >= 0.3 is 5.97 Å². The molecule has 0 N–H and O–H groups in total. The molecule has 0 aromatic carbocycles. The second-order valence-corrected chi connectivity index (χ2v) is 5.27. The smallest absolute Gasteiger partial charge is 0.305 e. The lowest BCUT2D eigenvalue weighted by molar-refractivity contribution is -0.382. The van der Waals surface area contributed by atoms with E-state index in [4.69, 9.17) is 4.74 Å². The summed E-state index contributed by atoms with van der Waals surface area (Å²) in [5.74, 6) is -4.02. The van der Waals surface area contributed by atoms with E-state index in [2.05, 4.69) is 9.68 Å². The number of hydrogen-bond acceptors (Lipinski definition) is 9. The zero-order valence-electron chi connectivity index (χ0n) is 13.7. The first kappa shape index (κ1) is 19.4. The van der Waals surface area contributed by atoms with E-state index in [1.807, 2.05) is 0 Å². The fourth-order valence-electron chi connectivity index (χ4n) is 2.04. The summed E-state index contributed by atoms with van der Waals surface area (Å²) in [6.07, 6.45) is 0.901. The van der Waals surface area contributed by atoms with E-state index in [9.17, 15) is 29.1 Å². The molecule has 0 radical (unpaired) electrons. The van der Waals surface area contributed by atoms with E-state index < -0.39 is 35.5 Å². The number of ether oxygens (including phenoxy) is 1. The van der Waals surface area contributed by atoms with Crippen LogP contribution in [0.5, 0.6) is 0 Å². The van der Waals surface area contributed by atoms with Crippen LogP contribution >= 0.6 is 0 Å². The van der Waals surface area contributed by atoms with Crippen molar-refractivity contribution in [3.63, 3.8) is 0 Å². The normalized spacial score (nSPS) is 18.1. The van der Waals surface area contributed by atoms with Crippen molar-refractivity contribution in [3.8, 4) is 0 Å². The van der Waals surface area contributed by atoms with Crippen LogP contribution in [-0.4, -0.2) is 46.3 Å². The van der Waals surface area contributed by atoms with Gasteiger partial charge in [-0.3, -0.25) is 24.0 Å². The van der Waals surface area contributed by atoms with Gasteiger partial charge in [-0.15, -0.1) is 5.06 Å². The third-order valence-corrected chi connectivity index (χ3v) is 3.30. The SMILES string of the molecule is O=C(C[CH-]OCCC=C([O-])ON1C(=O)CCC1=O)ON1C(=O)CCC1=O. The number of carbonyl (C=O) groups is 5. The van der Waals surface area contributed by atoms with Crippen LogP contribution in [0.1, 0.15) is 38.5 Å². The monoisotopic (exact) mass is 368 g/mol. The molecule has 0 atom stereocenters. The van der Waals surface area contributed by atoms with E-state index in [0.717, 1.165) is 12.7 Å². The highest BCUT2D eigenvalue weighted by molar-refractivity contribution is 6.01. The van der Waals surface area contributed by atoms with Gasteiger partial charge in [0.1, 0.15) is 0 Å². The van der Waals surface area contributed by atoms with Crippen molar-refractivity contribution >= 4 is 29.6 Å². The first-order valence-corrected chi connectivity index (χ1v) is 7.79. The quantitative estimate of drug-likeness (QED) is 0.213. The highest BCUT2D eigenvalue weighted by atomic mass is 16.8. The fraction of sp³-hybridized carbons (Fsp3) is 0.467. The van der Waals surface area contributed by atoms with Crippen molar-refractivity contribution in [2.24, 2.45) is 0 Å². The molecule has 2 fully saturated rings. The number of rotatable bonds is 9. The summed E-state index contributed by atoms with van der Waals surface area (Å²) in [6, 6.07) is 0. The fourth-order valence-corrected chi connectivity index (χ4v) is 2.04. The summed E-state index contributed by atoms with van der Waals surface area (Å²) in [4.78, 5) is 65.7. The number of carbonyl (C=O) groups excluding carboxylic acids is 5. The molecule has 0 spiro atoms. The lowest BCUT2D eigenvalue weighted by Crippen LogP contribution is -2.32. The lowest BCUT2D eigenvalue weighted by Gasteiger charge is -2.24. The maximum atomic E-state index is 11.5. The lowest BCUT2D eigenvalue weighted by atomic mass is 10.4. The van der Waals surface area contributed by atoms with Crippen molar-refractivity contribution < 1.29 is 43.5 Å². The maximum absolute atomic E-state index is 11.5. The van der Waals surface area contributed by atoms with Crippen LogP contribution in [0.3, 0.4) is 0 Å². The molecule has 142 valence electrons. The number of nitrogens with zero attached hydrogens (tertiary/aromatic N) is 2. The molecule has 2 saturated heterocycles. The Morgan fingerprint density at radius 3 is 2.00 bits per heavy atom. The zero-order chi connectivity index (χ0) is 19.1. The van der Waals surface area contributed by atoms with Gasteiger partial charge in [0.25, 0.3) is 11.8 Å². The number of hydroxylamine groups is 4. The zero-order valence-corrected chi connectivity index (χ0v) is 13.7. The summed E-state index contributed by atoms with van der Waals surface area (Å²) in [5.41, 5.74) is 0. The first-order chi connectivity index (χ1) is 12.4. The molecule has 2 aliphatic rings. The summed E-state index contributed by atoms with van der Waals surface area (Å²) in [6.45, 7) is 1.12. The van der Waals surface area contributed by atoms with Crippen molar-refractivity contribution in [2.75, 3.05) is 6.61 Å². The van der Waals surface area contributed by atoms with Crippen molar-refractivity contribution in [1.82, 2.24) is 10.1 Å². The average Bonchev–Trinajstić information content (AvgIpc) is 3.08. The molecule has 2 rings (SSSR count). The Balaban J connectivity index is 1.58. The second kappa shape index (κ2) is 8.94. The third-order valence-electron chi connectivity index (χ3n) is 3.30. The maximum Gasteiger partial charge on any atom is 0.305 e. The largest absolute Gasteiger partial charge is 0.551 e. The van der Waals surface area contributed by atoms with E-state index in [1.54, 1.807) is 0 Å². The molecule has 0 bridgehead atoms. The molecule has 26 heavy (non-hydrogen) atoms. The Labute approximate surface area is 148 Å². The minimum absolute atomic E-state index is 0.00683. The molecule has 2 aliphatic heterocycles. The summed E-state index contributed by atoms with van der Waals surface area (Å²) < 4.78 is 4.98. The standard InChI is InChI=1S/C15H17N2O9/c18-10-3-4-11(19)16(10)25-14(22)2-1-8-24-9-7-15(23)26-17-12(20)5-6-13(17)21/h2,9,22H,1,3-8H2/q-1/p-1. The van der Waals surface area contributed by atoms with Crippen LogP contribution in [0.2, 0.25) is 0 Å². The van der Waals surface area contributed by atoms with Gasteiger partial charge in [-0.1, -0.05) is 12.5 Å². The van der Waals surface area contributed by atoms with E-state index in [0.29, 0.717) is 10.1 Å². The Morgan fingerprint density at radius 2 is 1.46 bits per heavy atom. The number of amides is 4. The number of hydrogen-bond donors (Lipinski definition) is 0. The Kier molecular flexibility index (Phi) is 6.67. The molecule has 11 nitrogen and oxygen atoms in total. The second-order valence-electron chi connectivity index (χ2n) is 5.27. The van der Waals surface area contributed by atoms with Gasteiger partial charge in [0.2, 0.25) is 11.8 Å². The molecular formula is C15H16N2O9-2. The molecule has 11 heteroatoms. The summed E-state index contributed by atoms with van der Waals surface area (Å²) in [7, 11) is 0. The van der Waals surface area contributed by atoms with Crippen molar-refractivity contribution in [2.45, 2.75) is 38.5 Å². The Morgan fingerprint density at radius 1 is 0.962 bits per heavy atom. The number of imide groups is 2. The van der Waals surface area contributed by atoms with Crippen LogP contribution < -0.4 is 5.11 Å². The molecule has 2 heterocycles. The molecule has 0 unspecified atom stereocenters. The summed E-state index contributed by atoms with van der Waals surface area (Å²) in [5, 5.41) is 12.3. The minimum atomic E-state index is -0.873. The third kappa shape index (κ3) is 5.28. The van der Waals surface area contributed by atoms with Crippen LogP contribution in [0.15, 0.2) is 12.0 Å². The van der Waals surface area contributed by atoms with Crippen molar-refractivity contribution in [1.29, 1.82) is 0 Å². The molecule has 4 amide bonds. The summed E-state index contributed by atoms with van der Waals surface area (Å²) >= 11 is 0. The average molecular weight is 368 g/mol. The van der Waals surface area contributed by atoms with Gasteiger partial charge in [0, 0.05) is 32.3 Å². The molecule has 0 aromatic heterocycles. The predicted molar refractivity (Wildman–Crippen MR) is 76.9 cm³/mol. The predicted octanol–water partition coefficient (Wildman–Crippen LogP) is -1.17. The van der Waals surface area contributed by atoms with Gasteiger partial charge < -0.3 is 19.5 Å². The molecule has 0 aromatic rings. The van der Waals surface area contributed by atoms with Gasteiger partial charge in [-0.2, -0.15) is 0 Å². The first-order valence-electron chi connectivity index (χ1n) is 7.79. The Bertz CT molecular complexity index is 611. The van der Waals surface area contributed by atoms with Gasteiger partial charge in [-0.05, 0) is 6.42 Å². The van der Waals surface area contributed by atoms with Gasteiger partial charge in [0.05, 0.1) is 5.95 Å². The molecule has 0 saturated carbocycles. The van der Waals surface area contributed by atoms with Crippen LogP contribution in [-0.2, 0) is 38.4 Å². The van der Waals surface area contributed by atoms with E-state index in [1.165, 1.54) is 0 Å². The molecule has 0 aliphatic carbocycles. The van der Waals surface area contributed by atoms with Crippen LogP contribution in [0.25, 0.3) is 0 Å². The minimum Gasteiger partial charge on any atom is -0.551 e.